The molecule has 0 fully saturated rings. The maximum Gasteiger partial charge on any atom is 0.247 e. The van der Waals surface area contributed by atoms with Crippen LogP contribution in [-0.4, -0.2) is 30.8 Å². The van der Waals surface area contributed by atoms with E-state index in [0.29, 0.717) is 12.0 Å². The van der Waals surface area contributed by atoms with Crippen molar-refractivity contribution >= 4 is 21.4 Å². The summed E-state index contributed by atoms with van der Waals surface area (Å²) in [5.74, 6) is 0.0295. The van der Waals surface area contributed by atoms with Gasteiger partial charge < -0.3 is 5.21 Å². The molecule has 0 bridgehead atoms. The predicted octanol–water partition coefficient (Wildman–Crippen LogP) is 2.35. The van der Waals surface area contributed by atoms with Crippen molar-refractivity contribution in [2.75, 3.05) is 5.75 Å². The van der Waals surface area contributed by atoms with E-state index in [1.165, 1.54) is 0 Å². The fourth-order valence-electron chi connectivity index (χ4n) is 1.70. The van der Waals surface area contributed by atoms with Crippen LogP contribution in [0.1, 0.15) is 38.7 Å². The van der Waals surface area contributed by atoms with Crippen molar-refractivity contribution in [3.8, 4) is 0 Å². The largest absolute Gasteiger partial charge is 0.411 e. The Labute approximate surface area is 125 Å². The molecule has 0 aliphatic carbocycles. The van der Waals surface area contributed by atoms with E-state index >= 15 is 0 Å². The Morgan fingerprint density at radius 3 is 2.48 bits per heavy atom. The van der Waals surface area contributed by atoms with Crippen molar-refractivity contribution in [2.45, 2.75) is 33.1 Å². The number of hydrazone groups is 1. The first-order chi connectivity index (χ1) is 10.00. The number of sulfonamides is 1. The highest BCUT2D eigenvalue weighted by Crippen LogP contribution is 2.04. The molecule has 116 valence electrons. The van der Waals surface area contributed by atoms with Crippen LogP contribution in [0.4, 0.5) is 0 Å². The molecule has 2 N–H and O–H groups in total. The van der Waals surface area contributed by atoms with Crippen LogP contribution in [0.5, 0.6) is 0 Å². The molecule has 6 nitrogen and oxygen atoms in total. The molecule has 0 atom stereocenters. The summed E-state index contributed by atoms with van der Waals surface area (Å²) in [6.07, 6.45) is 2.40. The average molecular weight is 311 g/mol. The smallest absolute Gasteiger partial charge is 0.247 e. The lowest BCUT2D eigenvalue weighted by Crippen LogP contribution is -2.25. The van der Waals surface area contributed by atoms with Crippen molar-refractivity contribution in [3.05, 3.63) is 35.9 Å². The number of oxime groups is 1. The molecule has 0 unspecified atom stereocenters. The molecule has 21 heavy (non-hydrogen) atoms. The first-order valence-electron chi connectivity index (χ1n) is 6.81. The normalized spacial score (nSPS) is 13.2. The third kappa shape index (κ3) is 5.95. The Morgan fingerprint density at radius 2 is 1.90 bits per heavy atom. The number of hydrogen-bond donors (Lipinski definition) is 2. The van der Waals surface area contributed by atoms with Crippen molar-refractivity contribution in [1.29, 1.82) is 0 Å². The Hall–Kier alpha value is -1.89. The molecule has 1 aromatic rings. The summed E-state index contributed by atoms with van der Waals surface area (Å²) in [6.45, 7) is 3.56. The van der Waals surface area contributed by atoms with Crippen LogP contribution in [0, 0.1) is 0 Å². The van der Waals surface area contributed by atoms with Crippen LogP contribution < -0.4 is 4.83 Å². The summed E-state index contributed by atoms with van der Waals surface area (Å²) in [7, 11) is -3.47. The van der Waals surface area contributed by atoms with E-state index in [2.05, 4.69) is 15.1 Å². The lowest BCUT2D eigenvalue weighted by atomic mass is 10.1. The van der Waals surface area contributed by atoms with Crippen molar-refractivity contribution in [2.24, 2.45) is 10.3 Å². The fraction of sp³-hybridized carbons (Fsp3) is 0.429. The molecule has 0 heterocycles. The van der Waals surface area contributed by atoms with Gasteiger partial charge in [-0.2, -0.15) is 5.10 Å². The second kappa shape index (κ2) is 8.41. The average Bonchev–Trinajstić information content (AvgIpc) is 2.48. The minimum absolute atomic E-state index is 0.0295. The summed E-state index contributed by atoms with van der Waals surface area (Å²) >= 11 is 0. The maximum atomic E-state index is 11.8. The van der Waals surface area contributed by atoms with E-state index in [4.69, 9.17) is 5.21 Å². The zero-order valence-corrected chi connectivity index (χ0v) is 13.1. The van der Waals surface area contributed by atoms with Crippen molar-refractivity contribution in [3.63, 3.8) is 0 Å². The van der Waals surface area contributed by atoms with E-state index in [0.717, 1.165) is 12.8 Å². The number of benzene rings is 1. The van der Waals surface area contributed by atoms with E-state index < -0.39 is 10.0 Å². The van der Waals surface area contributed by atoms with E-state index in [1.807, 2.05) is 13.0 Å². The highest BCUT2D eigenvalue weighted by atomic mass is 32.2. The van der Waals surface area contributed by atoms with E-state index in [1.54, 1.807) is 31.2 Å². The topological polar surface area (TPSA) is 91.1 Å². The molecule has 1 rings (SSSR count). The molecule has 0 aromatic heterocycles. The molecule has 0 aliphatic heterocycles. The van der Waals surface area contributed by atoms with Gasteiger partial charge in [-0.25, -0.2) is 13.2 Å². The number of unbranched alkanes of at least 4 members (excludes halogenated alkanes) is 2. The van der Waals surface area contributed by atoms with Crippen LogP contribution in [0.15, 0.2) is 40.6 Å². The number of nitrogens with zero attached hydrogens (tertiary/aromatic N) is 2. The first-order valence-corrected chi connectivity index (χ1v) is 8.47. The second-order valence-electron chi connectivity index (χ2n) is 4.63. The fourth-order valence-corrected chi connectivity index (χ4v) is 2.61. The van der Waals surface area contributed by atoms with Gasteiger partial charge >= 0.3 is 0 Å². The summed E-state index contributed by atoms with van der Waals surface area (Å²) in [5, 5.41) is 15.9. The van der Waals surface area contributed by atoms with Gasteiger partial charge in [0.05, 0.1) is 5.75 Å². The highest BCUT2D eigenvalue weighted by Gasteiger charge is 2.12. The van der Waals surface area contributed by atoms with Gasteiger partial charge in [-0.15, -0.1) is 0 Å². The Morgan fingerprint density at radius 1 is 1.24 bits per heavy atom. The van der Waals surface area contributed by atoms with Gasteiger partial charge in [-0.05, 0) is 13.3 Å². The van der Waals surface area contributed by atoms with Gasteiger partial charge in [-0.3, -0.25) is 0 Å². The number of rotatable bonds is 8. The molecule has 0 amide bonds. The zero-order valence-electron chi connectivity index (χ0n) is 12.3. The molecule has 0 aliphatic rings. The summed E-state index contributed by atoms with van der Waals surface area (Å²) < 4.78 is 23.7. The van der Waals surface area contributed by atoms with E-state index in [9.17, 15) is 8.42 Å². The third-order valence-electron chi connectivity index (χ3n) is 2.85. The van der Waals surface area contributed by atoms with Gasteiger partial charge in [0.1, 0.15) is 11.4 Å². The highest BCUT2D eigenvalue weighted by molar-refractivity contribution is 7.89. The monoisotopic (exact) mass is 311 g/mol. The lowest BCUT2D eigenvalue weighted by Gasteiger charge is -2.07. The van der Waals surface area contributed by atoms with Crippen molar-refractivity contribution in [1.82, 2.24) is 4.83 Å². The molecule has 0 spiro atoms. The Bertz CT molecular complexity index is 595. The summed E-state index contributed by atoms with van der Waals surface area (Å²) in [4.78, 5) is 2.20. The molecule has 0 saturated heterocycles. The lowest BCUT2D eigenvalue weighted by molar-refractivity contribution is 0.320. The SMILES string of the molecule is CCCCCS(=O)(=O)N/N=C(\C(C)=N\O)c1ccccc1. The second-order valence-corrected chi connectivity index (χ2v) is 6.45. The number of hydrogen-bond acceptors (Lipinski definition) is 5. The summed E-state index contributed by atoms with van der Waals surface area (Å²) in [5.41, 5.74) is 1.19. The molecule has 1 aromatic carbocycles. The van der Waals surface area contributed by atoms with Gasteiger partial charge in [-0.1, -0.05) is 55.3 Å². The van der Waals surface area contributed by atoms with Gasteiger partial charge in [0.15, 0.2) is 0 Å². The van der Waals surface area contributed by atoms with Crippen molar-refractivity contribution < 1.29 is 13.6 Å². The van der Waals surface area contributed by atoms with Crippen LogP contribution in [0.3, 0.4) is 0 Å². The standard InChI is InChI=1S/C14H21N3O3S/c1-3-4-8-11-21(19,20)17-15-14(12(2)16-18)13-9-6-5-7-10-13/h5-7,9-10,17-18H,3-4,8,11H2,1-2H3/b15-14+,16-12+. The summed E-state index contributed by atoms with van der Waals surface area (Å²) in [6, 6.07) is 8.95. The Balaban J connectivity index is 2.90. The molecular formula is C14H21N3O3S. The van der Waals surface area contributed by atoms with Gasteiger partial charge in [0.2, 0.25) is 10.0 Å². The number of nitrogens with one attached hydrogen (secondary N) is 1. The molecular weight excluding hydrogens is 290 g/mol. The minimum Gasteiger partial charge on any atom is -0.411 e. The molecule has 0 radical (unpaired) electrons. The predicted molar refractivity (Wildman–Crippen MR) is 84.3 cm³/mol. The first kappa shape index (κ1) is 17.2. The minimum atomic E-state index is -3.47. The zero-order chi connectivity index (χ0) is 15.7. The quantitative estimate of drug-likeness (QED) is 0.334. The maximum absolute atomic E-state index is 11.8. The van der Waals surface area contributed by atoms with Crippen LogP contribution >= 0.6 is 0 Å². The van der Waals surface area contributed by atoms with Crippen LogP contribution in [0.25, 0.3) is 0 Å². The Kier molecular flexibility index (Phi) is 6.87. The third-order valence-corrected chi connectivity index (χ3v) is 4.05. The van der Waals surface area contributed by atoms with Gasteiger partial charge in [0.25, 0.3) is 0 Å². The van der Waals surface area contributed by atoms with Crippen LogP contribution in [0.2, 0.25) is 0 Å². The molecule has 7 heteroatoms. The van der Waals surface area contributed by atoms with E-state index in [-0.39, 0.29) is 17.2 Å². The van der Waals surface area contributed by atoms with Crippen LogP contribution in [-0.2, 0) is 10.0 Å². The molecule has 0 saturated carbocycles. The van der Waals surface area contributed by atoms with Gasteiger partial charge in [0, 0.05) is 5.56 Å².